The lowest BCUT2D eigenvalue weighted by molar-refractivity contribution is -0.127. The second-order valence-corrected chi connectivity index (χ2v) is 4.05. The first-order valence-corrected chi connectivity index (χ1v) is 5.73. The van der Waals surface area contributed by atoms with Crippen LogP contribution in [0.5, 0.6) is 0 Å². The lowest BCUT2D eigenvalue weighted by Gasteiger charge is -2.15. The van der Waals surface area contributed by atoms with Crippen LogP contribution >= 0.6 is 0 Å². The number of rotatable bonds is 8. The van der Waals surface area contributed by atoms with Gasteiger partial charge in [0.25, 0.3) is 0 Å². The predicted octanol–water partition coefficient (Wildman–Crippen LogP) is -0.120. The molecule has 0 aromatic heterocycles. The highest BCUT2D eigenvalue weighted by Crippen LogP contribution is 2.16. The van der Waals surface area contributed by atoms with Crippen LogP contribution in [0, 0.1) is 5.92 Å². The van der Waals surface area contributed by atoms with Crippen molar-refractivity contribution in [2.45, 2.75) is 12.8 Å². The highest BCUT2D eigenvalue weighted by Gasteiger charge is 2.28. The van der Waals surface area contributed by atoms with Crippen LogP contribution in [-0.2, 0) is 14.3 Å². The van der Waals surface area contributed by atoms with Crippen LogP contribution in [-0.4, -0.2) is 62.5 Å². The van der Waals surface area contributed by atoms with Crippen LogP contribution in [0.1, 0.15) is 12.8 Å². The molecule has 1 N–H and O–H groups in total. The largest absolute Gasteiger partial charge is 0.396 e. The molecule has 1 unspecified atom stereocenters. The first kappa shape index (κ1) is 13.4. The third kappa shape index (κ3) is 4.47. The summed E-state index contributed by atoms with van der Waals surface area (Å²) < 4.78 is 10.2. The molecule has 16 heavy (non-hydrogen) atoms. The van der Waals surface area contributed by atoms with Gasteiger partial charge in [-0.25, -0.2) is 0 Å². The van der Waals surface area contributed by atoms with Gasteiger partial charge in [0.2, 0.25) is 5.91 Å². The van der Waals surface area contributed by atoms with Gasteiger partial charge in [-0.2, -0.15) is 0 Å². The van der Waals surface area contributed by atoms with Crippen LogP contribution in [0.2, 0.25) is 0 Å². The van der Waals surface area contributed by atoms with Crippen molar-refractivity contribution in [3.05, 3.63) is 0 Å². The Balaban J connectivity index is 2.03. The summed E-state index contributed by atoms with van der Waals surface area (Å²) in [4.78, 5) is 13.3. The van der Waals surface area contributed by atoms with Gasteiger partial charge in [-0.1, -0.05) is 0 Å². The van der Waals surface area contributed by atoms with Crippen LogP contribution in [0.3, 0.4) is 0 Å². The molecular formula is C11H21NO4. The predicted molar refractivity (Wildman–Crippen MR) is 59.1 cm³/mol. The molecule has 0 spiro atoms. The molecule has 0 saturated carbocycles. The Morgan fingerprint density at radius 1 is 1.44 bits per heavy atom. The van der Waals surface area contributed by atoms with Gasteiger partial charge in [0, 0.05) is 45.8 Å². The van der Waals surface area contributed by atoms with Gasteiger partial charge >= 0.3 is 0 Å². The van der Waals surface area contributed by atoms with Gasteiger partial charge in [0.05, 0.1) is 13.2 Å². The molecule has 0 bridgehead atoms. The van der Waals surface area contributed by atoms with Gasteiger partial charge in [-0.05, 0) is 6.42 Å². The Bertz CT molecular complexity index is 210. The number of carbonyl (C=O) groups excluding carboxylic acids is 1. The van der Waals surface area contributed by atoms with Crippen molar-refractivity contribution in [3.8, 4) is 0 Å². The molecule has 1 fully saturated rings. The second-order valence-electron chi connectivity index (χ2n) is 4.05. The smallest absolute Gasteiger partial charge is 0.223 e. The molecule has 1 amide bonds. The molecule has 1 atom stereocenters. The zero-order valence-electron chi connectivity index (χ0n) is 9.85. The maximum atomic E-state index is 11.5. The molecule has 0 radical (unpaired) electrons. The van der Waals surface area contributed by atoms with E-state index in [2.05, 4.69) is 0 Å². The highest BCUT2D eigenvalue weighted by molar-refractivity contribution is 5.78. The number of amides is 1. The average molecular weight is 231 g/mol. The second kappa shape index (κ2) is 7.60. The van der Waals surface area contributed by atoms with Crippen LogP contribution in [0.25, 0.3) is 0 Å². The first-order chi connectivity index (χ1) is 7.77. The van der Waals surface area contributed by atoms with E-state index >= 15 is 0 Å². The SMILES string of the molecule is COCCOCCCN1CC(CO)CC1=O. The van der Waals surface area contributed by atoms with E-state index in [9.17, 15) is 4.79 Å². The third-order valence-corrected chi connectivity index (χ3v) is 2.70. The minimum atomic E-state index is 0.104. The molecule has 5 nitrogen and oxygen atoms in total. The summed E-state index contributed by atoms with van der Waals surface area (Å²) in [5.74, 6) is 0.276. The van der Waals surface area contributed by atoms with Gasteiger partial charge in [0.1, 0.15) is 0 Å². The lowest BCUT2D eigenvalue weighted by Crippen LogP contribution is -2.27. The number of nitrogens with zero attached hydrogens (tertiary/aromatic N) is 1. The molecule has 0 aliphatic carbocycles. The Hall–Kier alpha value is -0.650. The maximum Gasteiger partial charge on any atom is 0.223 e. The fraction of sp³-hybridized carbons (Fsp3) is 0.909. The van der Waals surface area contributed by atoms with Gasteiger partial charge in [0.15, 0.2) is 0 Å². The molecule has 1 aliphatic heterocycles. The zero-order chi connectivity index (χ0) is 11.8. The number of likely N-dealkylation sites (tertiary alicyclic amines) is 1. The normalized spacial score (nSPS) is 20.8. The van der Waals surface area contributed by atoms with E-state index in [1.54, 1.807) is 12.0 Å². The van der Waals surface area contributed by atoms with Gasteiger partial charge in [-0.3, -0.25) is 4.79 Å². The molecule has 0 aromatic carbocycles. The number of methoxy groups -OCH3 is 1. The standard InChI is InChI=1S/C11H21NO4/c1-15-5-6-16-4-2-3-12-8-10(9-13)7-11(12)14/h10,13H,2-9H2,1H3. The van der Waals surface area contributed by atoms with Crippen molar-refractivity contribution in [2.24, 2.45) is 5.92 Å². The van der Waals surface area contributed by atoms with E-state index in [4.69, 9.17) is 14.6 Å². The van der Waals surface area contributed by atoms with E-state index < -0.39 is 0 Å². The molecule has 1 heterocycles. The summed E-state index contributed by atoms with van der Waals surface area (Å²) in [7, 11) is 1.64. The first-order valence-electron chi connectivity index (χ1n) is 5.73. The van der Waals surface area contributed by atoms with Crippen molar-refractivity contribution in [2.75, 3.05) is 46.6 Å². The van der Waals surface area contributed by atoms with Crippen molar-refractivity contribution >= 4 is 5.91 Å². The van der Waals surface area contributed by atoms with Gasteiger partial charge in [-0.15, -0.1) is 0 Å². The number of aliphatic hydroxyl groups is 1. The van der Waals surface area contributed by atoms with Crippen LogP contribution in [0.15, 0.2) is 0 Å². The monoisotopic (exact) mass is 231 g/mol. The molecule has 1 aliphatic rings. The fourth-order valence-corrected chi connectivity index (χ4v) is 1.79. The highest BCUT2D eigenvalue weighted by atomic mass is 16.5. The van der Waals surface area contributed by atoms with Crippen LogP contribution in [0.4, 0.5) is 0 Å². The minimum Gasteiger partial charge on any atom is -0.396 e. The number of ether oxygens (including phenoxy) is 2. The zero-order valence-corrected chi connectivity index (χ0v) is 9.85. The lowest BCUT2D eigenvalue weighted by atomic mass is 10.1. The quantitative estimate of drug-likeness (QED) is 0.592. The van der Waals surface area contributed by atoms with Crippen molar-refractivity contribution in [1.82, 2.24) is 4.90 Å². The number of aliphatic hydroxyl groups excluding tert-OH is 1. The van der Waals surface area contributed by atoms with E-state index in [1.165, 1.54) is 0 Å². The van der Waals surface area contributed by atoms with E-state index in [1.807, 2.05) is 0 Å². The summed E-state index contributed by atoms with van der Waals surface area (Å²) in [6.45, 7) is 3.37. The molecular weight excluding hydrogens is 210 g/mol. The van der Waals surface area contributed by atoms with E-state index in [0.29, 0.717) is 32.8 Å². The molecule has 1 saturated heterocycles. The molecule has 0 aromatic rings. The van der Waals surface area contributed by atoms with Crippen molar-refractivity contribution in [1.29, 1.82) is 0 Å². The Kier molecular flexibility index (Phi) is 6.37. The molecule has 1 rings (SSSR count). The third-order valence-electron chi connectivity index (χ3n) is 2.70. The fourth-order valence-electron chi connectivity index (χ4n) is 1.79. The maximum absolute atomic E-state index is 11.5. The van der Waals surface area contributed by atoms with Crippen molar-refractivity contribution in [3.63, 3.8) is 0 Å². The molecule has 94 valence electrons. The Morgan fingerprint density at radius 3 is 2.88 bits per heavy atom. The van der Waals surface area contributed by atoms with Crippen LogP contribution < -0.4 is 0 Å². The Labute approximate surface area is 96.3 Å². The number of carbonyl (C=O) groups is 1. The summed E-state index contributed by atoms with van der Waals surface area (Å²) in [5.41, 5.74) is 0. The van der Waals surface area contributed by atoms with Gasteiger partial charge < -0.3 is 19.5 Å². The summed E-state index contributed by atoms with van der Waals surface area (Å²) in [5, 5.41) is 8.95. The number of hydrogen-bond donors (Lipinski definition) is 1. The van der Waals surface area contributed by atoms with Crippen molar-refractivity contribution < 1.29 is 19.4 Å². The Morgan fingerprint density at radius 2 is 2.25 bits per heavy atom. The average Bonchev–Trinajstić information content (AvgIpc) is 2.65. The molecule has 5 heteroatoms. The van der Waals surface area contributed by atoms with E-state index in [-0.39, 0.29) is 18.4 Å². The minimum absolute atomic E-state index is 0.104. The summed E-state index contributed by atoms with van der Waals surface area (Å²) in [6, 6.07) is 0. The number of hydrogen-bond acceptors (Lipinski definition) is 4. The summed E-state index contributed by atoms with van der Waals surface area (Å²) >= 11 is 0. The van der Waals surface area contributed by atoms with E-state index in [0.717, 1.165) is 13.0 Å². The topological polar surface area (TPSA) is 59.0 Å². The summed E-state index contributed by atoms with van der Waals surface area (Å²) in [6.07, 6.45) is 1.33.